The van der Waals surface area contributed by atoms with Crippen molar-refractivity contribution in [2.75, 3.05) is 0 Å². The maximum atomic E-state index is 13.8. The molecule has 6 nitrogen and oxygen atoms in total. The van der Waals surface area contributed by atoms with Crippen LogP contribution in [0.3, 0.4) is 0 Å². The van der Waals surface area contributed by atoms with Crippen LogP contribution < -0.4 is 17.1 Å². The van der Waals surface area contributed by atoms with Gasteiger partial charge in [-0.2, -0.15) is 79.6 Å². The average Bonchev–Trinajstić information content (AvgIpc) is 2.64. The Kier molecular flexibility index (Phi) is 7.11. The zero-order valence-electron chi connectivity index (χ0n) is 14.2. The first-order valence-corrected chi connectivity index (χ1v) is 6.96. The lowest BCUT2D eigenvalue weighted by Gasteiger charge is -2.24. The van der Waals surface area contributed by atoms with Crippen molar-refractivity contribution in [2.24, 2.45) is 0 Å². The van der Waals surface area contributed by atoms with Crippen molar-refractivity contribution in [3.05, 3.63) is 67.2 Å². The minimum atomic E-state index is -6.63. The summed E-state index contributed by atoms with van der Waals surface area (Å²) in [7, 11) is 0. The van der Waals surface area contributed by atoms with Gasteiger partial charge in [-0.15, -0.1) is 0 Å². The molecule has 0 amide bonds. The van der Waals surface area contributed by atoms with Crippen LogP contribution in [0, 0.1) is 0 Å². The molecule has 33 heavy (non-hydrogen) atoms. The Labute approximate surface area is 166 Å². The van der Waals surface area contributed by atoms with Crippen LogP contribution in [0.15, 0.2) is 50.1 Å². The van der Waals surface area contributed by atoms with Crippen molar-refractivity contribution in [3.63, 3.8) is 0 Å². The first-order valence-electron chi connectivity index (χ1n) is 6.96. The molecule has 0 N–H and O–H groups in total. The monoisotopic (exact) mass is 519 g/mol. The standard InChI is InChI=1S/C12F15N3O3/c13-1(4(16)17)10(22,23)28-7(31)29(11(24,25)2(14)5(18)19)9(33)30(8(28)32)12(26,27)3(15)6(20)21. The first kappa shape index (κ1) is 27.6. The third-order valence-corrected chi connectivity index (χ3v) is 3.28. The summed E-state index contributed by atoms with van der Waals surface area (Å²) < 4.78 is 187. The molecule has 1 aromatic heterocycles. The molecule has 0 aromatic carbocycles. The first-order chi connectivity index (χ1) is 14.7. The van der Waals surface area contributed by atoms with Crippen molar-refractivity contribution in [2.45, 2.75) is 18.1 Å². The molecule has 186 valence electrons. The Bertz CT molecular complexity index is 1050. The van der Waals surface area contributed by atoms with Gasteiger partial charge in [0.1, 0.15) is 0 Å². The number of allylic oxidation sites excluding steroid dienone is 3. The van der Waals surface area contributed by atoms with Crippen LogP contribution in [0.2, 0.25) is 0 Å². The smallest absolute Gasteiger partial charge is 0.247 e. The fraction of sp³-hybridized carbons (Fsp3) is 0.250. The van der Waals surface area contributed by atoms with Crippen LogP contribution in [0.4, 0.5) is 65.9 Å². The van der Waals surface area contributed by atoms with E-state index in [-0.39, 0.29) is 0 Å². The van der Waals surface area contributed by atoms with Crippen LogP contribution >= 0.6 is 0 Å². The maximum absolute atomic E-state index is 13.8. The fourth-order valence-electron chi connectivity index (χ4n) is 1.90. The van der Waals surface area contributed by atoms with Crippen molar-refractivity contribution in [3.8, 4) is 0 Å². The van der Waals surface area contributed by atoms with Gasteiger partial charge in [-0.25, -0.2) is 14.4 Å². The molecule has 1 heterocycles. The number of rotatable bonds is 6. The number of hydrogen-bond acceptors (Lipinski definition) is 3. The second kappa shape index (κ2) is 8.50. The minimum Gasteiger partial charge on any atom is -0.247 e. The Morgan fingerprint density at radius 3 is 0.697 bits per heavy atom. The molecule has 0 atom stereocenters. The summed E-state index contributed by atoms with van der Waals surface area (Å²) in [6.45, 7) is 0. The van der Waals surface area contributed by atoms with Gasteiger partial charge in [0.05, 0.1) is 0 Å². The summed E-state index contributed by atoms with van der Waals surface area (Å²) >= 11 is 0. The minimum absolute atomic E-state index is 2.71. The maximum Gasteiger partial charge on any atom is 0.395 e. The van der Waals surface area contributed by atoms with Gasteiger partial charge in [-0.05, 0) is 0 Å². The van der Waals surface area contributed by atoms with Crippen molar-refractivity contribution in [1.82, 2.24) is 13.7 Å². The van der Waals surface area contributed by atoms with E-state index < -0.39 is 84.6 Å². The van der Waals surface area contributed by atoms with Crippen LogP contribution in [-0.2, 0) is 18.1 Å². The molecule has 0 bridgehead atoms. The van der Waals surface area contributed by atoms with Crippen LogP contribution in [0.25, 0.3) is 0 Å². The lowest BCUT2D eigenvalue weighted by molar-refractivity contribution is -0.119. The molecular weight excluding hydrogens is 519 g/mol. The molecule has 0 aliphatic carbocycles. The number of aromatic nitrogens is 3. The average molecular weight is 519 g/mol. The summed E-state index contributed by atoms with van der Waals surface area (Å²) in [5, 5.41) is 0. The van der Waals surface area contributed by atoms with E-state index in [4.69, 9.17) is 0 Å². The van der Waals surface area contributed by atoms with Gasteiger partial charge in [0.25, 0.3) is 17.5 Å². The lowest BCUT2D eigenvalue weighted by Crippen LogP contribution is -2.64. The Morgan fingerprint density at radius 2 is 0.576 bits per heavy atom. The molecular formula is C12F15N3O3. The van der Waals surface area contributed by atoms with Crippen LogP contribution in [-0.4, -0.2) is 13.7 Å². The van der Waals surface area contributed by atoms with Crippen molar-refractivity contribution >= 4 is 0 Å². The highest BCUT2D eigenvalue weighted by molar-refractivity contribution is 5.09. The van der Waals surface area contributed by atoms with Crippen molar-refractivity contribution < 1.29 is 65.9 Å². The van der Waals surface area contributed by atoms with Gasteiger partial charge in [-0.1, -0.05) is 0 Å². The second-order valence-electron chi connectivity index (χ2n) is 5.20. The molecule has 0 unspecified atom stereocenters. The van der Waals surface area contributed by atoms with Crippen LogP contribution in [0.1, 0.15) is 0 Å². The van der Waals surface area contributed by atoms with E-state index in [0.717, 1.165) is 0 Å². The lowest BCUT2D eigenvalue weighted by atomic mass is 10.4. The summed E-state index contributed by atoms with van der Waals surface area (Å²) in [5.41, 5.74) is -11.7. The summed E-state index contributed by atoms with van der Waals surface area (Å²) in [6, 6.07) is -19.9. The third kappa shape index (κ3) is 4.29. The van der Waals surface area contributed by atoms with Gasteiger partial charge in [0, 0.05) is 0 Å². The molecule has 0 aliphatic heterocycles. The van der Waals surface area contributed by atoms with Gasteiger partial charge in [-0.3, -0.25) is 0 Å². The van der Waals surface area contributed by atoms with E-state index in [0.29, 0.717) is 0 Å². The van der Waals surface area contributed by atoms with E-state index in [1.807, 2.05) is 0 Å². The largest absolute Gasteiger partial charge is 0.395 e. The number of nitrogens with zero attached hydrogens (tertiary/aromatic N) is 3. The van der Waals surface area contributed by atoms with E-state index >= 15 is 0 Å². The Morgan fingerprint density at radius 1 is 0.424 bits per heavy atom. The van der Waals surface area contributed by atoms with Crippen molar-refractivity contribution in [1.29, 1.82) is 0 Å². The molecule has 0 spiro atoms. The summed E-state index contributed by atoms with van der Waals surface area (Å²) in [4.78, 5) is 35.2. The van der Waals surface area contributed by atoms with E-state index in [9.17, 15) is 80.2 Å². The van der Waals surface area contributed by atoms with Crippen LogP contribution in [0.5, 0.6) is 0 Å². The molecule has 1 aromatic rings. The van der Waals surface area contributed by atoms with E-state index in [1.54, 1.807) is 0 Å². The quantitative estimate of drug-likeness (QED) is 0.533. The molecule has 21 heteroatoms. The van der Waals surface area contributed by atoms with Gasteiger partial charge < -0.3 is 0 Å². The van der Waals surface area contributed by atoms with Gasteiger partial charge in [0.2, 0.25) is 0 Å². The predicted molar refractivity (Wildman–Crippen MR) is 70.8 cm³/mol. The highest BCUT2D eigenvalue weighted by Crippen LogP contribution is 2.36. The second-order valence-corrected chi connectivity index (χ2v) is 5.20. The number of alkyl halides is 6. The molecule has 0 fully saturated rings. The Balaban J connectivity index is 4.60. The Hall–Kier alpha value is -3.42. The summed E-state index contributed by atoms with van der Waals surface area (Å²) in [5.74, 6) is -12.7. The number of halogens is 15. The van der Waals surface area contributed by atoms with Gasteiger partial charge in [0.15, 0.2) is 0 Å². The molecule has 0 aliphatic rings. The molecule has 0 saturated heterocycles. The molecule has 0 saturated carbocycles. The highest BCUT2D eigenvalue weighted by atomic mass is 19.3. The highest BCUT2D eigenvalue weighted by Gasteiger charge is 2.54. The molecule has 1 rings (SSSR count). The fourth-order valence-corrected chi connectivity index (χ4v) is 1.90. The molecule has 0 radical (unpaired) electrons. The SMILES string of the molecule is O=c1n(C(F)(F)C(F)=C(F)F)c(=O)n(C(F)(F)C(F)=C(F)F)c(=O)n1C(F)(F)C(F)=C(F)F. The van der Waals surface area contributed by atoms with Gasteiger partial charge >= 0.3 is 53.5 Å². The zero-order chi connectivity index (χ0) is 26.4. The summed E-state index contributed by atoms with van der Waals surface area (Å²) in [6.07, 6.45) is -12.5. The number of hydrogen-bond donors (Lipinski definition) is 0. The third-order valence-electron chi connectivity index (χ3n) is 3.28. The zero-order valence-corrected chi connectivity index (χ0v) is 14.2. The predicted octanol–water partition coefficient (Wildman–Crippen LogP) is 4.05. The topological polar surface area (TPSA) is 66.0 Å². The van der Waals surface area contributed by atoms with E-state index in [1.165, 1.54) is 0 Å². The normalized spacial score (nSPS) is 12.5. The van der Waals surface area contributed by atoms with E-state index in [2.05, 4.69) is 0 Å².